The van der Waals surface area contributed by atoms with Crippen LogP contribution in [-0.2, 0) is 6.54 Å². The highest BCUT2D eigenvalue weighted by Gasteiger charge is 2.07. The van der Waals surface area contributed by atoms with E-state index in [9.17, 15) is 5.11 Å². The number of benzene rings is 1. The molecule has 0 aliphatic heterocycles. The molecular formula is C12H10N4O2. The van der Waals surface area contributed by atoms with E-state index in [1.165, 1.54) is 0 Å². The van der Waals surface area contributed by atoms with E-state index in [0.717, 1.165) is 11.3 Å². The number of phenols is 1. The molecule has 0 bridgehead atoms. The van der Waals surface area contributed by atoms with Gasteiger partial charge in [-0.25, -0.2) is 9.67 Å². The minimum Gasteiger partial charge on any atom is -0.508 e. The molecule has 90 valence electrons. The molecule has 0 saturated carbocycles. The first-order valence-electron chi connectivity index (χ1n) is 5.39. The van der Waals surface area contributed by atoms with Crippen LogP contribution in [0.4, 0.5) is 0 Å². The van der Waals surface area contributed by atoms with Crippen molar-refractivity contribution >= 4 is 0 Å². The number of rotatable bonds is 3. The Balaban J connectivity index is 1.83. The summed E-state index contributed by atoms with van der Waals surface area (Å²) in [6, 6.07) is 6.69. The fourth-order valence-electron chi connectivity index (χ4n) is 1.60. The fourth-order valence-corrected chi connectivity index (χ4v) is 1.60. The van der Waals surface area contributed by atoms with Gasteiger partial charge in [-0.05, 0) is 24.3 Å². The fraction of sp³-hybridized carbons (Fsp3) is 0.0833. The minimum atomic E-state index is 0.216. The summed E-state index contributed by atoms with van der Waals surface area (Å²) in [4.78, 5) is 4.35. The number of aromatic nitrogens is 4. The molecule has 18 heavy (non-hydrogen) atoms. The predicted molar refractivity (Wildman–Crippen MR) is 62.7 cm³/mol. The second kappa shape index (κ2) is 4.33. The number of hydrogen-bond donors (Lipinski definition) is 1. The van der Waals surface area contributed by atoms with Crippen LogP contribution in [0.5, 0.6) is 5.75 Å². The van der Waals surface area contributed by atoms with E-state index in [4.69, 9.17) is 4.42 Å². The van der Waals surface area contributed by atoms with Gasteiger partial charge in [0.2, 0.25) is 5.89 Å². The maximum absolute atomic E-state index is 9.21. The summed E-state index contributed by atoms with van der Waals surface area (Å²) in [5.74, 6) is 0.735. The zero-order chi connectivity index (χ0) is 12.4. The van der Waals surface area contributed by atoms with Gasteiger partial charge in [0.05, 0.1) is 12.7 Å². The van der Waals surface area contributed by atoms with Crippen LogP contribution in [-0.4, -0.2) is 25.1 Å². The maximum Gasteiger partial charge on any atom is 0.226 e. The average Bonchev–Trinajstić information content (AvgIpc) is 3.02. The van der Waals surface area contributed by atoms with Gasteiger partial charge in [0.15, 0.2) is 0 Å². The molecule has 6 nitrogen and oxygen atoms in total. The van der Waals surface area contributed by atoms with Crippen molar-refractivity contribution in [1.82, 2.24) is 20.0 Å². The normalized spacial score (nSPS) is 10.7. The summed E-state index contributed by atoms with van der Waals surface area (Å²) < 4.78 is 7.05. The van der Waals surface area contributed by atoms with Crippen LogP contribution >= 0.6 is 0 Å². The molecule has 0 spiro atoms. The summed E-state index contributed by atoms with van der Waals surface area (Å²) in [7, 11) is 0. The van der Waals surface area contributed by atoms with Gasteiger partial charge in [0.1, 0.15) is 17.7 Å². The van der Waals surface area contributed by atoms with Gasteiger partial charge in [0.25, 0.3) is 0 Å². The van der Waals surface area contributed by atoms with Crippen LogP contribution in [0.25, 0.3) is 11.5 Å². The SMILES string of the molecule is Oc1ccc(-c2nc(Cn3ccnn3)co2)cc1. The zero-order valence-electron chi connectivity index (χ0n) is 9.39. The minimum absolute atomic E-state index is 0.216. The number of hydrogen-bond acceptors (Lipinski definition) is 5. The van der Waals surface area contributed by atoms with Crippen molar-refractivity contribution in [2.45, 2.75) is 6.54 Å². The molecule has 0 amide bonds. The van der Waals surface area contributed by atoms with Gasteiger partial charge in [0, 0.05) is 11.8 Å². The van der Waals surface area contributed by atoms with E-state index in [2.05, 4.69) is 15.3 Å². The van der Waals surface area contributed by atoms with Gasteiger partial charge in [-0.3, -0.25) is 0 Å². The number of aromatic hydroxyl groups is 1. The van der Waals surface area contributed by atoms with E-state index in [1.807, 2.05) is 0 Å². The highest BCUT2D eigenvalue weighted by molar-refractivity contribution is 5.54. The van der Waals surface area contributed by atoms with E-state index in [0.29, 0.717) is 12.4 Å². The molecule has 0 aliphatic carbocycles. The first kappa shape index (κ1) is 10.5. The second-order valence-electron chi connectivity index (χ2n) is 3.79. The Kier molecular flexibility index (Phi) is 2.53. The molecule has 3 rings (SSSR count). The molecule has 1 N–H and O–H groups in total. The summed E-state index contributed by atoms with van der Waals surface area (Å²) in [5.41, 5.74) is 1.58. The molecule has 3 aromatic rings. The maximum atomic E-state index is 9.21. The number of nitrogens with zero attached hydrogens (tertiary/aromatic N) is 4. The highest BCUT2D eigenvalue weighted by atomic mass is 16.3. The largest absolute Gasteiger partial charge is 0.508 e. The van der Waals surface area contributed by atoms with Crippen molar-refractivity contribution in [3.8, 4) is 17.2 Å². The third kappa shape index (κ3) is 2.08. The first-order valence-corrected chi connectivity index (χ1v) is 5.39. The Morgan fingerprint density at radius 2 is 2.06 bits per heavy atom. The van der Waals surface area contributed by atoms with Gasteiger partial charge < -0.3 is 9.52 Å². The monoisotopic (exact) mass is 242 g/mol. The van der Waals surface area contributed by atoms with E-state index in [-0.39, 0.29) is 5.75 Å². The lowest BCUT2D eigenvalue weighted by molar-refractivity contribution is 0.475. The zero-order valence-corrected chi connectivity index (χ0v) is 9.39. The lowest BCUT2D eigenvalue weighted by Gasteiger charge is -1.95. The van der Waals surface area contributed by atoms with Crippen LogP contribution in [0.2, 0.25) is 0 Å². The van der Waals surface area contributed by atoms with Crippen molar-refractivity contribution in [3.63, 3.8) is 0 Å². The third-order valence-electron chi connectivity index (χ3n) is 2.46. The second-order valence-corrected chi connectivity index (χ2v) is 3.79. The van der Waals surface area contributed by atoms with Crippen LogP contribution in [0.15, 0.2) is 47.3 Å². The Hall–Kier alpha value is -2.63. The lowest BCUT2D eigenvalue weighted by atomic mass is 10.2. The Bertz CT molecular complexity index is 628. The van der Waals surface area contributed by atoms with E-state index in [1.54, 1.807) is 47.6 Å². The summed E-state index contributed by atoms with van der Waals surface area (Å²) in [6.07, 6.45) is 4.96. The topological polar surface area (TPSA) is 77.0 Å². The van der Waals surface area contributed by atoms with Crippen LogP contribution < -0.4 is 0 Å². The Morgan fingerprint density at radius 3 is 2.78 bits per heavy atom. The van der Waals surface area contributed by atoms with Crippen molar-refractivity contribution < 1.29 is 9.52 Å². The Morgan fingerprint density at radius 1 is 1.22 bits per heavy atom. The van der Waals surface area contributed by atoms with Crippen LogP contribution in [0, 0.1) is 0 Å². The van der Waals surface area contributed by atoms with Crippen LogP contribution in [0.3, 0.4) is 0 Å². The quantitative estimate of drug-likeness (QED) is 0.756. The average molecular weight is 242 g/mol. The van der Waals surface area contributed by atoms with E-state index < -0.39 is 0 Å². The molecular weight excluding hydrogens is 232 g/mol. The highest BCUT2D eigenvalue weighted by Crippen LogP contribution is 2.21. The lowest BCUT2D eigenvalue weighted by Crippen LogP contribution is -2.00. The standard InChI is InChI=1S/C12H10N4O2/c17-11-3-1-9(2-4-11)12-14-10(8-18-12)7-16-6-5-13-15-16/h1-6,8,17H,7H2. The van der Waals surface area contributed by atoms with Gasteiger partial charge >= 0.3 is 0 Å². The van der Waals surface area contributed by atoms with Crippen molar-refractivity contribution in [2.24, 2.45) is 0 Å². The van der Waals surface area contributed by atoms with Crippen molar-refractivity contribution in [2.75, 3.05) is 0 Å². The summed E-state index contributed by atoms with van der Waals surface area (Å²) in [6.45, 7) is 0.515. The first-order chi connectivity index (χ1) is 8.81. The molecule has 0 unspecified atom stereocenters. The molecule has 0 fully saturated rings. The Labute approximate surface area is 103 Å². The molecule has 6 heteroatoms. The van der Waals surface area contributed by atoms with Gasteiger partial charge in [-0.15, -0.1) is 5.10 Å². The summed E-state index contributed by atoms with van der Waals surface area (Å²) >= 11 is 0. The molecule has 0 radical (unpaired) electrons. The van der Waals surface area contributed by atoms with Crippen molar-refractivity contribution in [1.29, 1.82) is 0 Å². The van der Waals surface area contributed by atoms with Crippen molar-refractivity contribution in [3.05, 3.63) is 48.6 Å². The molecule has 0 saturated heterocycles. The van der Waals surface area contributed by atoms with E-state index >= 15 is 0 Å². The van der Waals surface area contributed by atoms with Gasteiger partial charge in [-0.1, -0.05) is 5.21 Å². The smallest absolute Gasteiger partial charge is 0.226 e. The molecule has 0 aliphatic rings. The third-order valence-corrected chi connectivity index (χ3v) is 2.46. The summed E-state index contributed by atoms with van der Waals surface area (Å²) in [5, 5.41) is 16.8. The number of phenolic OH excluding ortho intramolecular Hbond substituents is 1. The molecule has 0 atom stereocenters. The molecule has 2 heterocycles. The number of oxazole rings is 1. The molecule has 2 aromatic heterocycles. The molecule has 1 aromatic carbocycles. The van der Waals surface area contributed by atoms with Crippen LogP contribution in [0.1, 0.15) is 5.69 Å². The predicted octanol–water partition coefficient (Wildman–Crippen LogP) is 1.69. The van der Waals surface area contributed by atoms with Gasteiger partial charge in [-0.2, -0.15) is 0 Å².